The lowest BCUT2D eigenvalue weighted by Crippen LogP contribution is -2.46. The third-order valence-corrected chi connectivity index (χ3v) is 3.90. The van der Waals surface area contributed by atoms with Gasteiger partial charge in [-0.15, -0.1) is 0 Å². The van der Waals surface area contributed by atoms with E-state index in [4.69, 9.17) is 10.9 Å². The van der Waals surface area contributed by atoms with E-state index in [1.165, 1.54) is 0 Å². The predicted molar refractivity (Wildman–Crippen MR) is 78.7 cm³/mol. The molecule has 2 rings (SSSR count). The van der Waals surface area contributed by atoms with Gasteiger partial charge < -0.3 is 21.2 Å². The lowest BCUT2D eigenvalue weighted by molar-refractivity contribution is 0.174. The Morgan fingerprint density at radius 1 is 1.65 bits per heavy atom. The molecule has 6 nitrogen and oxygen atoms in total. The highest BCUT2D eigenvalue weighted by Crippen LogP contribution is 2.16. The Hall–Kier alpha value is -1.66. The minimum absolute atomic E-state index is 0.0545. The van der Waals surface area contributed by atoms with E-state index in [-0.39, 0.29) is 5.84 Å². The van der Waals surface area contributed by atoms with Crippen molar-refractivity contribution in [1.29, 1.82) is 0 Å². The van der Waals surface area contributed by atoms with E-state index in [2.05, 4.69) is 34.3 Å². The zero-order valence-corrected chi connectivity index (χ0v) is 12.1. The van der Waals surface area contributed by atoms with Crippen LogP contribution in [0, 0.1) is 5.92 Å². The second-order valence-electron chi connectivity index (χ2n) is 5.51. The molecule has 0 amide bonds. The van der Waals surface area contributed by atoms with E-state index in [0.717, 1.165) is 25.1 Å². The number of piperidine rings is 1. The summed E-state index contributed by atoms with van der Waals surface area (Å²) in [7, 11) is 2.16. The van der Waals surface area contributed by atoms with Crippen molar-refractivity contribution in [2.45, 2.75) is 25.9 Å². The Bertz CT molecular complexity index is 476. The highest BCUT2D eigenvalue weighted by atomic mass is 16.4. The Morgan fingerprint density at radius 2 is 2.45 bits per heavy atom. The summed E-state index contributed by atoms with van der Waals surface area (Å²) in [5.41, 5.74) is 7.15. The van der Waals surface area contributed by atoms with Gasteiger partial charge in [0, 0.05) is 25.3 Å². The molecule has 0 spiro atoms. The van der Waals surface area contributed by atoms with Crippen LogP contribution in [0.15, 0.2) is 23.5 Å². The molecule has 0 radical (unpaired) electrons. The van der Waals surface area contributed by atoms with Gasteiger partial charge in [0.25, 0.3) is 0 Å². The fourth-order valence-corrected chi connectivity index (χ4v) is 2.76. The largest absolute Gasteiger partial charge is 0.409 e. The highest BCUT2D eigenvalue weighted by molar-refractivity contribution is 5.96. The molecular formula is C14H23N5O. The number of rotatable bonds is 4. The van der Waals surface area contributed by atoms with E-state index < -0.39 is 0 Å². The summed E-state index contributed by atoms with van der Waals surface area (Å²) in [5, 5.41) is 15.4. The van der Waals surface area contributed by atoms with Gasteiger partial charge in [-0.1, -0.05) is 18.1 Å². The van der Waals surface area contributed by atoms with Crippen molar-refractivity contribution >= 4 is 5.84 Å². The van der Waals surface area contributed by atoms with Crippen molar-refractivity contribution in [3.05, 3.63) is 29.6 Å². The van der Waals surface area contributed by atoms with Crippen LogP contribution < -0.4 is 11.1 Å². The van der Waals surface area contributed by atoms with Gasteiger partial charge in [-0.2, -0.15) is 0 Å². The smallest absolute Gasteiger partial charge is 0.189 e. The molecule has 1 aliphatic rings. The van der Waals surface area contributed by atoms with Gasteiger partial charge in [0.05, 0.1) is 0 Å². The number of nitrogens with one attached hydrogen (secondary N) is 1. The van der Waals surface area contributed by atoms with Crippen LogP contribution in [-0.4, -0.2) is 47.1 Å². The van der Waals surface area contributed by atoms with E-state index in [9.17, 15) is 0 Å². The lowest BCUT2D eigenvalue weighted by atomic mass is 9.94. The summed E-state index contributed by atoms with van der Waals surface area (Å²) in [6, 6.07) is 4.31. The molecule has 0 aliphatic carbocycles. The lowest BCUT2D eigenvalue weighted by Gasteiger charge is -2.35. The van der Waals surface area contributed by atoms with E-state index in [1.807, 2.05) is 12.1 Å². The summed E-state index contributed by atoms with van der Waals surface area (Å²) in [6.45, 7) is 5.17. The van der Waals surface area contributed by atoms with Crippen LogP contribution in [0.4, 0.5) is 0 Å². The van der Waals surface area contributed by atoms with Crippen LogP contribution in [0.2, 0.25) is 0 Å². The zero-order valence-electron chi connectivity index (χ0n) is 12.1. The number of pyridine rings is 1. The normalized spacial score (nSPS) is 24.8. The van der Waals surface area contributed by atoms with Crippen molar-refractivity contribution in [1.82, 2.24) is 15.2 Å². The maximum Gasteiger partial charge on any atom is 0.189 e. The first kappa shape index (κ1) is 14.7. The van der Waals surface area contributed by atoms with Gasteiger partial charge in [0.15, 0.2) is 5.84 Å². The standard InChI is InChI=1S/C14H23N5O/c1-10-9-19(2)7-5-12(10)17-8-11-4-3-6-16-13(11)14(15)18-20/h3-4,6,10,12,17,20H,5,7-9H2,1-2H3,(H2,15,18). The van der Waals surface area contributed by atoms with Crippen LogP contribution in [-0.2, 0) is 6.54 Å². The van der Waals surface area contributed by atoms with Crippen LogP contribution in [0.5, 0.6) is 0 Å². The third kappa shape index (κ3) is 3.46. The number of hydrogen-bond donors (Lipinski definition) is 3. The number of aromatic nitrogens is 1. The second kappa shape index (κ2) is 6.67. The van der Waals surface area contributed by atoms with Crippen molar-refractivity contribution in [2.24, 2.45) is 16.8 Å². The monoisotopic (exact) mass is 277 g/mol. The number of nitrogens with two attached hydrogens (primary N) is 1. The summed E-state index contributed by atoms with van der Waals surface area (Å²) < 4.78 is 0. The molecule has 2 heterocycles. The van der Waals surface area contributed by atoms with Gasteiger partial charge in [-0.25, -0.2) is 0 Å². The van der Waals surface area contributed by atoms with Gasteiger partial charge in [0.1, 0.15) is 5.69 Å². The van der Waals surface area contributed by atoms with Crippen LogP contribution in [0.1, 0.15) is 24.6 Å². The molecule has 0 bridgehead atoms. The van der Waals surface area contributed by atoms with Gasteiger partial charge in [0.2, 0.25) is 0 Å². The number of hydrogen-bond acceptors (Lipinski definition) is 5. The highest BCUT2D eigenvalue weighted by Gasteiger charge is 2.23. The zero-order chi connectivity index (χ0) is 14.5. The minimum Gasteiger partial charge on any atom is -0.409 e. The topological polar surface area (TPSA) is 86.8 Å². The van der Waals surface area contributed by atoms with E-state index in [0.29, 0.717) is 24.2 Å². The van der Waals surface area contributed by atoms with Crippen molar-refractivity contribution in [3.63, 3.8) is 0 Å². The summed E-state index contributed by atoms with van der Waals surface area (Å²) >= 11 is 0. The molecule has 6 heteroatoms. The summed E-state index contributed by atoms with van der Waals surface area (Å²) in [4.78, 5) is 6.54. The molecule has 4 N–H and O–H groups in total. The average molecular weight is 277 g/mol. The second-order valence-corrected chi connectivity index (χ2v) is 5.51. The van der Waals surface area contributed by atoms with E-state index in [1.54, 1.807) is 6.20 Å². The SMILES string of the molecule is CC1CN(C)CCC1NCc1cccnc1/C(N)=N/O. The van der Waals surface area contributed by atoms with Crippen molar-refractivity contribution in [3.8, 4) is 0 Å². The van der Waals surface area contributed by atoms with Gasteiger partial charge >= 0.3 is 0 Å². The molecule has 1 aliphatic heterocycles. The molecule has 2 unspecified atom stereocenters. The minimum atomic E-state index is 0.0545. The van der Waals surface area contributed by atoms with Crippen LogP contribution in [0.25, 0.3) is 0 Å². The third-order valence-electron chi connectivity index (χ3n) is 3.90. The maximum absolute atomic E-state index is 8.80. The van der Waals surface area contributed by atoms with Crippen LogP contribution in [0.3, 0.4) is 0 Å². The maximum atomic E-state index is 8.80. The molecular weight excluding hydrogens is 254 g/mol. The van der Waals surface area contributed by atoms with E-state index >= 15 is 0 Å². The Kier molecular flexibility index (Phi) is 4.92. The molecule has 1 fully saturated rings. The molecule has 1 aromatic rings. The predicted octanol–water partition coefficient (Wildman–Crippen LogP) is 0.606. The molecule has 0 saturated carbocycles. The summed E-state index contributed by atoms with van der Waals surface area (Å²) in [6.07, 6.45) is 2.78. The fourth-order valence-electron chi connectivity index (χ4n) is 2.76. The number of oxime groups is 1. The van der Waals surface area contributed by atoms with Gasteiger partial charge in [-0.05, 0) is 37.6 Å². The number of nitrogens with zero attached hydrogens (tertiary/aromatic N) is 3. The first-order valence-corrected chi connectivity index (χ1v) is 6.95. The first-order chi connectivity index (χ1) is 9.61. The Morgan fingerprint density at radius 3 is 3.15 bits per heavy atom. The molecule has 20 heavy (non-hydrogen) atoms. The Balaban J connectivity index is 2.01. The first-order valence-electron chi connectivity index (χ1n) is 6.95. The number of amidine groups is 1. The molecule has 2 atom stereocenters. The molecule has 1 aromatic heterocycles. The summed E-state index contributed by atoms with van der Waals surface area (Å²) in [5.74, 6) is 0.663. The molecule has 110 valence electrons. The fraction of sp³-hybridized carbons (Fsp3) is 0.571. The van der Waals surface area contributed by atoms with Crippen LogP contribution >= 0.6 is 0 Å². The Labute approximate surface area is 119 Å². The molecule has 0 aromatic carbocycles. The number of likely N-dealkylation sites (tertiary alicyclic amines) is 1. The quantitative estimate of drug-likeness (QED) is 0.325. The van der Waals surface area contributed by atoms with Crippen molar-refractivity contribution < 1.29 is 5.21 Å². The van der Waals surface area contributed by atoms with Crippen molar-refractivity contribution in [2.75, 3.05) is 20.1 Å². The average Bonchev–Trinajstić information content (AvgIpc) is 2.46. The molecule has 1 saturated heterocycles. The van der Waals surface area contributed by atoms with Gasteiger partial charge in [-0.3, -0.25) is 4.98 Å².